The number of benzene rings is 1. The minimum absolute atomic E-state index is 0.827. The van der Waals surface area contributed by atoms with Gasteiger partial charge in [0.15, 0.2) is 0 Å². The average molecular weight is 263 g/mol. The van der Waals surface area contributed by atoms with Crippen molar-refractivity contribution >= 4 is 16.6 Å². The highest BCUT2D eigenvalue weighted by atomic mass is 15.2. The van der Waals surface area contributed by atoms with Crippen molar-refractivity contribution in [3.8, 4) is 11.4 Å². The molecule has 0 aliphatic rings. The number of nitrogens with one attached hydrogen (secondary N) is 1. The molecule has 0 aliphatic carbocycles. The van der Waals surface area contributed by atoms with E-state index in [0.717, 1.165) is 27.9 Å². The van der Waals surface area contributed by atoms with Crippen LogP contribution in [0.4, 0.5) is 0 Å². The van der Waals surface area contributed by atoms with Gasteiger partial charge in [0.1, 0.15) is 5.82 Å². The van der Waals surface area contributed by atoms with Crippen molar-refractivity contribution in [3.05, 3.63) is 48.0 Å². The summed E-state index contributed by atoms with van der Waals surface area (Å²) in [5.74, 6) is 0.827. The number of imidazole rings is 1. The van der Waals surface area contributed by atoms with E-state index in [9.17, 15) is 0 Å². The van der Waals surface area contributed by atoms with E-state index in [-0.39, 0.29) is 0 Å². The molecule has 0 aliphatic heterocycles. The van der Waals surface area contributed by atoms with Crippen LogP contribution in [0.25, 0.3) is 27.9 Å². The van der Waals surface area contributed by atoms with E-state index in [1.54, 1.807) is 16.9 Å². The summed E-state index contributed by atoms with van der Waals surface area (Å²) in [6, 6.07) is 4.24. The summed E-state index contributed by atoms with van der Waals surface area (Å²) in [5, 5.41) is 4.32. The van der Waals surface area contributed by atoms with Gasteiger partial charge in [0.05, 0.1) is 34.5 Å². The van der Waals surface area contributed by atoms with Crippen molar-refractivity contribution in [3.63, 3.8) is 0 Å². The third-order valence-electron chi connectivity index (χ3n) is 3.68. The van der Waals surface area contributed by atoms with Crippen molar-refractivity contribution in [1.29, 1.82) is 0 Å². The number of fused-ring (bicyclic) bond motifs is 2. The molecule has 0 bridgehead atoms. The maximum absolute atomic E-state index is 4.67. The van der Waals surface area contributed by atoms with Crippen LogP contribution >= 0.6 is 0 Å². The Morgan fingerprint density at radius 2 is 1.95 bits per heavy atom. The van der Waals surface area contributed by atoms with Crippen LogP contribution in [0.3, 0.4) is 0 Å². The Bertz CT molecular complexity index is 893. The van der Waals surface area contributed by atoms with Gasteiger partial charge in [0.25, 0.3) is 0 Å². The quantitative estimate of drug-likeness (QED) is 0.574. The SMILES string of the molecule is Cc1cc2nc(-c3cnn4ccncc34)[nH]c2cc1C. The zero-order chi connectivity index (χ0) is 13.7. The van der Waals surface area contributed by atoms with Gasteiger partial charge in [0, 0.05) is 12.4 Å². The molecule has 0 atom stereocenters. The maximum Gasteiger partial charge on any atom is 0.142 e. The summed E-state index contributed by atoms with van der Waals surface area (Å²) in [6.45, 7) is 4.21. The van der Waals surface area contributed by atoms with E-state index in [4.69, 9.17) is 0 Å². The highest BCUT2D eigenvalue weighted by Gasteiger charge is 2.11. The van der Waals surface area contributed by atoms with Gasteiger partial charge in [-0.3, -0.25) is 4.98 Å². The Hall–Kier alpha value is -2.69. The molecule has 5 heteroatoms. The predicted octanol–water partition coefficient (Wildman–Crippen LogP) is 2.89. The maximum atomic E-state index is 4.67. The first-order chi connectivity index (χ1) is 9.72. The van der Waals surface area contributed by atoms with E-state index in [2.05, 4.69) is 46.0 Å². The Balaban J connectivity index is 1.98. The predicted molar refractivity (Wildman–Crippen MR) is 77.5 cm³/mol. The number of H-pyrrole nitrogens is 1. The molecule has 0 saturated carbocycles. The molecule has 1 aromatic carbocycles. The van der Waals surface area contributed by atoms with E-state index >= 15 is 0 Å². The van der Waals surface area contributed by atoms with E-state index in [0.29, 0.717) is 0 Å². The third kappa shape index (κ3) is 1.53. The second-order valence-corrected chi connectivity index (χ2v) is 5.00. The highest BCUT2D eigenvalue weighted by Crippen LogP contribution is 2.25. The number of aromatic amines is 1. The van der Waals surface area contributed by atoms with Crippen LogP contribution in [0.2, 0.25) is 0 Å². The van der Waals surface area contributed by atoms with E-state index in [1.165, 1.54) is 11.1 Å². The number of hydrogen-bond donors (Lipinski definition) is 1. The molecule has 3 aromatic heterocycles. The van der Waals surface area contributed by atoms with Crippen LogP contribution < -0.4 is 0 Å². The van der Waals surface area contributed by atoms with E-state index in [1.807, 2.05) is 12.4 Å². The molecule has 0 spiro atoms. The van der Waals surface area contributed by atoms with Crippen LogP contribution in [0.1, 0.15) is 11.1 Å². The van der Waals surface area contributed by atoms with Gasteiger partial charge in [-0.2, -0.15) is 5.10 Å². The van der Waals surface area contributed by atoms with Gasteiger partial charge >= 0.3 is 0 Å². The highest BCUT2D eigenvalue weighted by molar-refractivity contribution is 5.84. The number of nitrogens with zero attached hydrogens (tertiary/aromatic N) is 4. The topological polar surface area (TPSA) is 58.9 Å². The first-order valence-corrected chi connectivity index (χ1v) is 6.47. The summed E-state index contributed by atoms with van der Waals surface area (Å²) in [6.07, 6.45) is 7.16. The molecule has 3 heterocycles. The molecular weight excluding hydrogens is 250 g/mol. The lowest BCUT2D eigenvalue weighted by Gasteiger charge is -1.97. The molecule has 1 N–H and O–H groups in total. The van der Waals surface area contributed by atoms with Crippen molar-refractivity contribution in [2.45, 2.75) is 13.8 Å². The first kappa shape index (κ1) is 11.2. The molecule has 0 radical (unpaired) electrons. The molecule has 5 nitrogen and oxygen atoms in total. The van der Waals surface area contributed by atoms with Crippen LogP contribution in [-0.2, 0) is 0 Å². The fourth-order valence-corrected chi connectivity index (χ4v) is 2.41. The van der Waals surface area contributed by atoms with Crippen molar-refractivity contribution in [2.24, 2.45) is 0 Å². The molecule has 0 amide bonds. The van der Waals surface area contributed by atoms with Crippen molar-refractivity contribution in [2.75, 3.05) is 0 Å². The van der Waals surface area contributed by atoms with Gasteiger partial charge < -0.3 is 4.98 Å². The second-order valence-electron chi connectivity index (χ2n) is 5.00. The Morgan fingerprint density at radius 1 is 1.10 bits per heavy atom. The van der Waals surface area contributed by atoms with Gasteiger partial charge in [0.2, 0.25) is 0 Å². The number of aryl methyl sites for hydroxylation is 2. The minimum atomic E-state index is 0.827. The Morgan fingerprint density at radius 3 is 2.85 bits per heavy atom. The normalized spacial score (nSPS) is 11.5. The van der Waals surface area contributed by atoms with Gasteiger partial charge in [-0.1, -0.05) is 0 Å². The largest absolute Gasteiger partial charge is 0.338 e. The summed E-state index contributed by atoms with van der Waals surface area (Å²) in [5.41, 5.74) is 6.44. The lowest BCUT2D eigenvalue weighted by atomic mass is 10.1. The minimum Gasteiger partial charge on any atom is -0.338 e. The Labute approximate surface area is 115 Å². The third-order valence-corrected chi connectivity index (χ3v) is 3.68. The zero-order valence-corrected chi connectivity index (χ0v) is 11.3. The molecule has 4 rings (SSSR count). The van der Waals surface area contributed by atoms with Gasteiger partial charge in [-0.25, -0.2) is 9.50 Å². The zero-order valence-electron chi connectivity index (χ0n) is 11.3. The lowest BCUT2D eigenvalue weighted by molar-refractivity contribution is 0.946. The summed E-state index contributed by atoms with van der Waals surface area (Å²) in [7, 11) is 0. The number of hydrogen-bond acceptors (Lipinski definition) is 3. The smallest absolute Gasteiger partial charge is 0.142 e. The monoisotopic (exact) mass is 263 g/mol. The molecule has 98 valence electrons. The van der Waals surface area contributed by atoms with Crippen LogP contribution in [0, 0.1) is 13.8 Å². The Kier molecular flexibility index (Phi) is 2.18. The van der Waals surface area contributed by atoms with E-state index < -0.39 is 0 Å². The summed E-state index contributed by atoms with van der Waals surface area (Å²) in [4.78, 5) is 12.2. The molecule has 20 heavy (non-hydrogen) atoms. The summed E-state index contributed by atoms with van der Waals surface area (Å²) < 4.78 is 1.80. The van der Waals surface area contributed by atoms with Crippen molar-refractivity contribution in [1.82, 2.24) is 24.6 Å². The molecular formula is C15H13N5. The molecule has 0 unspecified atom stereocenters. The van der Waals surface area contributed by atoms with Crippen molar-refractivity contribution < 1.29 is 0 Å². The number of rotatable bonds is 1. The summed E-state index contributed by atoms with van der Waals surface area (Å²) >= 11 is 0. The first-order valence-electron chi connectivity index (χ1n) is 6.47. The van der Waals surface area contributed by atoms with Crippen LogP contribution in [0.5, 0.6) is 0 Å². The molecule has 0 fully saturated rings. The molecule has 0 saturated heterocycles. The lowest BCUT2D eigenvalue weighted by Crippen LogP contribution is -1.86. The molecule has 4 aromatic rings. The standard InChI is InChI=1S/C15H13N5/c1-9-5-12-13(6-10(9)2)19-15(18-12)11-7-17-20-4-3-16-8-14(11)20/h3-8H,1-2H3,(H,18,19). The average Bonchev–Trinajstić information content (AvgIpc) is 3.02. The van der Waals surface area contributed by atoms with Crippen LogP contribution in [-0.4, -0.2) is 24.6 Å². The van der Waals surface area contributed by atoms with Crippen LogP contribution in [0.15, 0.2) is 36.9 Å². The van der Waals surface area contributed by atoms with Gasteiger partial charge in [-0.05, 0) is 37.1 Å². The number of aromatic nitrogens is 5. The fraction of sp³-hybridized carbons (Fsp3) is 0.133. The fourth-order valence-electron chi connectivity index (χ4n) is 2.41. The second kappa shape index (κ2) is 3.90. The van der Waals surface area contributed by atoms with Gasteiger partial charge in [-0.15, -0.1) is 0 Å².